The van der Waals surface area contributed by atoms with E-state index in [4.69, 9.17) is 0 Å². The highest BCUT2D eigenvalue weighted by molar-refractivity contribution is 5.83. The molecular formula is C14H25N3O3. The number of urea groups is 1. The fraction of sp³-hybridized carbons (Fsp3) is 0.857. The van der Waals surface area contributed by atoms with E-state index in [1.54, 1.807) is 4.90 Å². The quantitative estimate of drug-likeness (QED) is 0.777. The van der Waals surface area contributed by atoms with Crippen LogP contribution in [0.25, 0.3) is 0 Å². The van der Waals surface area contributed by atoms with Gasteiger partial charge in [-0.2, -0.15) is 0 Å². The molecule has 0 aromatic carbocycles. The molecule has 0 saturated carbocycles. The highest BCUT2D eigenvalue weighted by atomic mass is 16.4. The fourth-order valence-corrected chi connectivity index (χ4v) is 3.12. The average molecular weight is 283 g/mol. The maximum atomic E-state index is 12.6. The smallest absolute Gasteiger partial charge is 0.326 e. The van der Waals surface area contributed by atoms with E-state index in [0.29, 0.717) is 19.6 Å². The van der Waals surface area contributed by atoms with E-state index in [1.165, 1.54) is 4.90 Å². The number of hydrogen-bond acceptors (Lipinski definition) is 3. The summed E-state index contributed by atoms with van der Waals surface area (Å²) in [7, 11) is 2.06. The third kappa shape index (κ3) is 2.61. The van der Waals surface area contributed by atoms with Crippen LogP contribution in [0.1, 0.15) is 27.2 Å². The van der Waals surface area contributed by atoms with Crippen molar-refractivity contribution in [2.24, 2.45) is 5.92 Å². The molecule has 0 spiro atoms. The molecule has 114 valence electrons. The van der Waals surface area contributed by atoms with E-state index >= 15 is 0 Å². The minimum Gasteiger partial charge on any atom is -0.480 e. The lowest BCUT2D eigenvalue weighted by Crippen LogP contribution is -2.61. The second-order valence-electron chi connectivity index (χ2n) is 6.68. The fourth-order valence-electron chi connectivity index (χ4n) is 3.12. The lowest BCUT2D eigenvalue weighted by atomic mass is 10.00. The second kappa shape index (κ2) is 5.24. The highest BCUT2D eigenvalue weighted by Crippen LogP contribution is 2.27. The van der Waals surface area contributed by atoms with Crippen LogP contribution in [0.5, 0.6) is 0 Å². The number of carbonyl (C=O) groups excluding carboxylic acids is 1. The number of likely N-dealkylation sites (tertiary alicyclic amines) is 1. The van der Waals surface area contributed by atoms with Gasteiger partial charge in [0.1, 0.15) is 6.04 Å². The molecule has 0 bridgehead atoms. The Hall–Kier alpha value is -1.30. The van der Waals surface area contributed by atoms with Crippen LogP contribution in [0.4, 0.5) is 4.79 Å². The van der Waals surface area contributed by atoms with Crippen molar-refractivity contribution in [1.82, 2.24) is 14.7 Å². The van der Waals surface area contributed by atoms with Crippen LogP contribution in [-0.4, -0.2) is 76.6 Å². The van der Waals surface area contributed by atoms with Crippen molar-refractivity contribution < 1.29 is 14.7 Å². The van der Waals surface area contributed by atoms with Crippen molar-refractivity contribution in [3.8, 4) is 0 Å². The summed E-state index contributed by atoms with van der Waals surface area (Å²) in [6.07, 6.45) is 0.764. The lowest BCUT2D eigenvalue weighted by molar-refractivity contribution is -0.142. The number of aliphatic carboxylic acids is 1. The van der Waals surface area contributed by atoms with E-state index in [2.05, 4.69) is 25.8 Å². The number of piperazine rings is 1. The first kappa shape index (κ1) is 15.1. The molecule has 2 rings (SSSR count). The zero-order chi connectivity index (χ0) is 15.1. The van der Waals surface area contributed by atoms with Crippen LogP contribution >= 0.6 is 0 Å². The minimum atomic E-state index is -0.892. The Balaban J connectivity index is 2.10. The molecule has 6 heteroatoms. The Labute approximate surface area is 120 Å². The van der Waals surface area contributed by atoms with Crippen molar-refractivity contribution in [2.45, 2.75) is 38.8 Å². The second-order valence-corrected chi connectivity index (χ2v) is 6.68. The number of carbonyl (C=O) groups is 2. The molecule has 2 amide bonds. The van der Waals surface area contributed by atoms with E-state index in [1.807, 2.05) is 6.92 Å². The number of likely N-dealkylation sites (N-methyl/N-ethyl adjacent to an activating group) is 1. The van der Waals surface area contributed by atoms with Gasteiger partial charge in [0, 0.05) is 31.7 Å². The van der Waals surface area contributed by atoms with E-state index < -0.39 is 12.0 Å². The molecule has 20 heavy (non-hydrogen) atoms. The van der Waals surface area contributed by atoms with Crippen molar-refractivity contribution in [3.05, 3.63) is 0 Å². The van der Waals surface area contributed by atoms with Gasteiger partial charge in [-0.05, 0) is 33.2 Å². The molecular weight excluding hydrogens is 258 g/mol. The Morgan fingerprint density at radius 1 is 1.20 bits per heavy atom. The first-order valence-corrected chi connectivity index (χ1v) is 7.23. The highest BCUT2D eigenvalue weighted by Gasteiger charge is 2.43. The third-order valence-corrected chi connectivity index (χ3v) is 4.79. The normalized spacial score (nSPS) is 30.6. The summed E-state index contributed by atoms with van der Waals surface area (Å²) in [6.45, 7) is 8.78. The number of hydrogen-bond donors (Lipinski definition) is 1. The minimum absolute atomic E-state index is 0.0249. The molecule has 2 unspecified atom stereocenters. The molecule has 1 N–H and O–H groups in total. The van der Waals surface area contributed by atoms with Crippen LogP contribution < -0.4 is 0 Å². The van der Waals surface area contributed by atoms with Gasteiger partial charge >= 0.3 is 12.0 Å². The monoisotopic (exact) mass is 283 g/mol. The number of nitrogens with zero attached hydrogens (tertiary/aromatic N) is 3. The molecule has 2 aliphatic rings. The predicted molar refractivity (Wildman–Crippen MR) is 75.6 cm³/mol. The summed E-state index contributed by atoms with van der Waals surface area (Å²) in [5.41, 5.74) is -0.0715. The zero-order valence-corrected chi connectivity index (χ0v) is 12.8. The maximum Gasteiger partial charge on any atom is 0.326 e. The standard InChI is InChI=1S/C14H25N3O3/c1-10-5-6-17(11(10)12(18)19)13(20)16-8-7-15(4)14(2,3)9-16/h10-11H,5-9H2,1-4H3,(H,18,19). The molecule has 2 heterocycles. The molecule has 2 saturated heterocycles. The molecule has 6 nitrogen and oxygen atoms in total. The summed E-state index contributed by atoms with van der Waals surface area (Å²) in [5.74, 6) is -0.867. The van der Waals surface area contributed by atoms with Gasteiger partial charge in [0.15, 0.2) is 0 Å². The van der Waals surface area contributed by atoms with Crippen LogP contribution in [0, 0.1) is 5.92 Å². The van der Waals surface area contributed by atoms with Crippen molar-refractivity contribution >= 4 is 12.0 Å². The first-order valence-electron chi connectivity index (χ1n) is 7.23. The van der Waals surface area contributed by atoms with Crippen LogP contribution in [-0.2, 0) is 4.79 Å². The summed E-state index contributed by atoms with van der Waals surface area (Å²) >= 11 is 0. The Morgan fingerprint density at radius 3 is 2.40 bits per heavy atom. The van der Waals surface area contributed by atoms with Gasteiger partial charge in [-0.3, -0.25) is 4.90 Å². The molecule has 0 aliphatic carbocycles. The Morgan fingerprint density at radius 2 is 1.85 bits per heavy atom. The summed E-state index contributed by atoms with van der Waals surface area (Å²) in [6, 6.07) is -0.798. The zero-order valence-electron chi connectivity index (χ0n) is 12.8. The molecule has 2 aliphatic heterocycles. The average Bonchev–Trinajstić information content (AvgIpc) is 2.73. The van der Waals surface area contributed by atoms with Crippen LogP contribution in [0.3, 0.4) is 0 Å². The van der Waals surface area contributed by atoms with Gasteiger partial charge in [-0.25, -0.2) is 9.59 Å². The SMILES string of the molecule is CC1CCN(C(=O)N2CCN(C)C(C)(C)C2)C1C(=O)O. The van der Waals surface area contributed by atoms with Gasteiger partial charge in [0.2, 0.25) is 0 Å². The van der Waals surface area contributed by atoms with Gasteiger partial charge in [-0.1, -0.05) is 6.92 Å². The summed E-state index contributed by atoms with van der Waals surface area (Å²) in [4.78, 5) is 29.6. The van der Waals surface area contributed by atoms with Gasteiger partial charge in [0.05, 0.1) is 0 Å². The lowest BCUT2D eigenvalue weighted by Gasteiger charge is -2.46. The largest absolute Gasteiger partial charge is 0.480 e. The van der Waals surface area contributed by atoms with Crippen LogP contribution in [0.2, 0.25) is 0 Å². The molecule has 2 fully saturated rings. The topological polar surface area (TPSA) is 64.1 Å². The summed E-state index contributed by atoms with van der Waals surface area (Å²) < 4.78 is 0. The third-order valence-electron chi connectivity index (χ3n) is 4.79. The molecule has 2 atom stereocenters. The summed E-state index contributed by atoms with van der Waals surface area (Å²) in [5, 5.41) is 9.33. The Kier molecular flexibility index (Phi) is 3.95. The van der Waals surface area contributed by atoms with Gasteiger partial charge < -0.3 is 14.9 Å². The van der Waals surface area contributed by atoms with E-state index in [-0.39, 0.29) is 17.5 Å². The van der Waals surface area contributed by atoms with Crippen molar-refractivity contribution in [2.75, 3.05) is 33.2 Å². The van der Waals surface area contributed by atoms with Crippen LogP contribution in [0.15, 0.2) is 0 Å². The molecule has 0 aromatic heterocycles. The number of carboxylic acid groups (broad SMARTS) is 1. The number of rotatable bonds is 1. The predicted octanol–water partition coefficient (Wildman–Crippen LogP) is 0.927. The van der Waals surface area contributed by atoms with Gasteiger partial charge in [0.25, 0.3) is 0 Å². The molecule has 0 aromatic rings. The number of amides is 2. The van der Waals surface area contributed by atoms with Gasteiger partial charge in [-0.15, -0.1) is 0 Å². The van der Waals surface area contributed by atoms with E-state index in [9.17, 15) is 14.7 Å². The Bertz CT molecular complexity index is 410. The molecule has 0 radical (unpaired) electrons. The first-order chi connectivity index (χ1) is 9.24. The number of carboxylic acids is 1. The van der Waals surface area contributed by atoms with E-state index in [0.717, 1.165) is 13.0 Å². The maximum absolute atomic E-state index is 12.6. The van der Waals surface area contributed by atoms with Crippen molar-refractivity contribution in [1.29, 1.82) is 0 Å². The van der Waals surface area contributed by atoms with Crippen molar-refractivity contribution in [3.63, 3.8) is 0 Å².